The van der Waals surface area contributed by atoms with E-state index in [-0.39, 0.29) is 13.0 Å². The first-order chi connectivity index (χ1) is 12.5. The zero-order chi connectivity index (χ0) is 18.9. The van der Waals surface area contributed by atoms with Gasteiger partial charge in [-0.3, -0.25) is 4.79 Å². The largest absolute Gasteiger partial charge is 0.465 e. The van der Waals surface area contributed by atoms with Crippen molar-refractivity contribution >= 4 is 27.6 Å². The Morgan fingerprint density at radius 2 is 1.85 bits per heavy atom. The van der Waals surface area contributed by atoms with Crippen LogP contribution >= 0.6 is 15.9 Å². The van der Waals surface area contributed by atoms with E-state index in [9.17, 15) is 9.90 Å². The van der Waals surface area contributed by atoms with E-state index in [0.717, 1.165) is 10.2 Å². The van der Waals surface area contributed by atoms with Crippen LogP contribution in [0.2, 0.25) is 0 Å². The predicted octanol–water partition coefficient (Wildman–Crippen LogP) is 3.98. The lowest BCUT2D eigenvalue weighted by atomic mass is 9.97. The van der Waals surface area contributed by atoms with Gasteiger partial charge in [-0.15, -0.1) is 0 Å². The van der Waals surface area contributed by atoms with Crippen LogP contribution in [0.3, 0.4) is 0 Å². The van der Waals surface area contributed by atoms with Gasteiger partial charge in [-0.25, -0.2) is 5.43 Å². The first kappa shape index (κ1) is 20.2. The van der Waals surface area contributed by atoms with E-state index in [2.05, 4.69) is 33.4 Å². The number of para-hydroxylation sites is 1. The summed E-state index contributed by atoms with van der Waals surface area (Å²) < 4.78 is 5.92. The van der Waals surface area contributed by atoms with E-state index in [1.807, 2.05) is 54.6 Å². The standard InChI is InChI=1S/C20H23BrN2O3/c1-3-26-20(25)18(23-22-15-9-5-4-6-10-15)13-14(2)19(24)16-11-7-8-12-17(16)21/h4-12,18-19,22-24H,2-3,13H2,1H3. The summed E-state index contributed by atoms with van der Waals surface area (Å²) in [4.78, 5) is 12.3. The highest BCUT2D eigenvalue weighted by Gasteiger charge is 2.24. The van der Waals surface area contributed by atoms with Crippen molar-refractivity contribution in [3.05, 3.63) is 76.8 Å². The number of rotatable bonds is 9. The average Bonchev–Trinajstić information content (AvgIpc) is 2.65. The summed E-state index contributed by atoms with van der Waals surface area (Å²) in [6.45, 7) is 6.00. The SMILES string of the molecule is C=C(CC(NNc1ccccc1)C(=O)OCC)C(O)c1ccccc1Br. The number of hydrazine groups is 1. The summed E-state index contributed by atoms with van der Waals surface area (Å²) in [5, 5.41) is 10.6. The number of halogens is 1. The molecule has 0 amide bonds. The lowest BCUT2D eigenvalue weighted by molar-refractivity contribution is -0.145. The molecule has 138 valence electrons. The number of carbonyl (C=O) groups is 1. The highest BCUT2D eigenvalue weighted by atomic mass is 79.9. The minimum absolute atomic E-state index is 0.223. The van der Waals surface area contributed by atoms with Gasteiger partial charge >= 0.3 is 5.97 Å². The van der Waals surface area contributed by atoms with Crippen LogP contribution < -0.4 is 10.9 Å². The van der Waals surface area contributed by atoms with Crippen molar-refractivity contribution in [1.29, 1.82) is 0 Å². The molecule has 26 heavy (non-hydrogen) atoms. The Hall–Kier alpha value is -2.15. The minimum atomic E-state index is -0.888. The van der Waals surface area contributed by atoms with Gasteiger partial charge in [-0.05, 0) is 42.7 Å². The Balaban J connectivity index is 2.06. The molecule has 0 saturated carbocycles. The maximum atomic E-state index is 12.3. The molecule has 2 rings (SSSR count). The third-order valence-corrected chi connectivity index (χ3v) is 4.51. The Bertz CT molecular complexity index is 737. The molecule has 2 aromatic rings. The van der Waals surface area contributed by atoms with Gasteiger partial charge in [-0.1, -0.05) is 58.9 Å². The number of benzene rings is 2. The lowest BCUT2D eigenvalue weighted by Gasteiger charge is -2.22. The number of aliphatic hydroxyl groups excluding tert-OH is 1. The minimum Gasteiger partial charge on any atom is -0.465 e. The summed E-state index contributed by atoms with van der Waals surface area (Å²) in [6, 6.07) is 16.1. The molecule has 0 saturated heterocycles. The number of anilines is 1. The molecule has 0 bridgehead atoms. The van der Waals surface area contributed by atoms with Gasteiger partial charge in [0.15, 0.2) is 0 Å². The Morgan fingerprint density at radius 3 is 2.50 bits per heavy atom. The summed E-state index contributed by atoms with van der Waals surface area (Å²) in [7, 11) is 0. The molecule has 2 unspecified atom stereocenters. The van der Waals surface area contributed by atoms with E-state index in [4.69, 9.17) is 4.74 Å². The van der Waals surface area contributed by atoms with Crippen LogP contribution in [-0.4, -0.2) is 23.7 Å². The summed E-state index contributed by atoms with van der Waals surface area (Å²) in [5.74, 6) is -0.406. The smallest absolute Gasteiger partial charge is 0.325 e. The zero-order valence-electron chi connectivity index (χ0n) is 14.6. The third kappa shape index (κ3) is 5.69. The molecule has 0 aliphatic heterocycles. The molecule has 2 aromatic carbocycles. The van der Waals surface area contributed by atoms with Crippen LogP contribution in [0.25, 0.3) is 0 Å². The van der Waals surface area contributed by atoms with Gasteiger partial charge in [0.25, 0.3) is 0 Å². The molecule has 0 aliphatic rings. The van der Waals surface area contributed by atoms with Crippen LogP contribution in [0.15, 0.2) is 71.2 Å². The number of hydrogen-bond donors (Lipinski definition) is 3. The fourth-order valence-electron chi connectivity index (χ4n) is 2.42. The van der Waals surface area contributed by atoms with Gasteiger partial charge in [0.2, 0.25) is 0 Å². The number of hydrogen-bond acceptors (Lipinski definition) is 5. The molecule has 0 radical (unpaired) electrons. The molecular weight excluding hydrogens is 396 g/mol. The molecule has 5 nitrogen and oxygen atoms in total. The van der Waals surface area contributed by atoms with Gasteiger partial charge in [0.05, 0.1) is 6.61 Å². The predicted molar refractivity (Wildman–Crippen MR) is 106 cm³/mol. The second-order valence-electron chi connectivity index (χ2n) is 5.73. The maximum Gasteiger partial charge on any atom is 0.325 e. The molecule has 0 spiro atoms. The maximum absolute atomic E-state index is 12.3. The van der Waals surface area contributed by atoms with Crippen molar-refractivity contribution in [3.8, 4) is 0 Å². The van der Waals surface area contributed by atoms with Gasteiger partial charge < -0.3 is 15.3 Å². The Morgan fingerprint density at radius 1 is 1.19 bits per heavy atom. The fourth-order valence-corrected chi connectivity index (χ4v) is 2.92. The van der Waals surface area contributed by atoms with Crippen molar-refractivity contribution in [2.75, 3.05) is 12.0 Å². The molecular formula is C20H23BrN2O3. The van der Waals surface area contributed by atoms with Crippen LogP contribution in [-0.2, 0) is 9.53 Å². The van der Waals surface area contributed by atoms with Gasteiger partial charge in [0.1, 0.15) is 12.1 Å². The molecule has 0 heterocycles. The van der Waals surface area contributed by atoms with Crippen LogP contribution in [0.5, 0.6) is 0 Å². The van der Waals surface area contributed by atoms with Crippen molar-refractivity contribution in [3.63, 3.8) is 0 Å². The quantitative estimate of drug-likeness (QED) is 0.326. The van der Waals surface area contributed by atoms with Gasteiger partial charge in [0, 0.05) is 10.2 Å². The topological polar surface area (TPSA) is 70.6 Å². The molecule has 2 atom stereocenters. The number of ether oxygens (including phenoxy) is 1. The van der Waals surface area contributed by atoms with E-state index >= 15 is 0 Å². The summed E-state index contributed by atoms with van der Waals surface area (Å²) in [6.07, 6.45) is -0.665. The first-order valence-corrected chi connectivity index (χ1v) is 9.15. The highest BCUT2D eigenvalue weighted by molar-refractivity contribution is 9.10. The molecule has 0 aromatic heterocycles. The second-order valence-corrected chi connectivity index (χ2v) is 6.58. The number of esters is 1. The third-order valence-electron chi connectivity index (χ3n) is 3.79. The van der Waals surface area contributed by atoms with Crippen molar-refractivity contribution in [1.82, 2.24) is 5.43 Å². The normalized spacial score (nSPS) is 12.9. The molecule has 6 heteroatoms. The summed E-state index contributed by atoms with van der Waals surface area (Å²) >= 11 is 3.43. The average molecular weight is 419 g/mol. The highest BCUT2D eigenvalue weighted by Crippen LogP contribution is 2.29. The zero-order valence-corrected chi connectivity index (χ0v) is 16.2. The van der Waals surface area contributed by atoms with Crippen molar-refractivity contribution in [2.24, 2.45) is 0 Å². The second kappa shape index (κ2) is 10.1. The first-order valence-electron chi connectivity index (χ1n) is 8.36. The molecule has 0 aliphatic carbocycles. The number of aliphatic hydroxyl groups is 1. The van der Waals surface area contributed by atoms with E-state index in [0.29, 0.717) is 11.1 Å². The van der Waals surface area contributed by atoms with Crippen molar-refractivity contribution < 1.29 is 14.6 Å². The van der Waals surface area contributed by atoms with E-state index in [1.165, 1.54) is 0 Å². The van der Waals surface area contributed by atoms with E-state index < -0.39 is 18.1 Å². The Kier molecular flexibility index (Phi) is 7.84. The van der Waals surface area contributed by atoms with E-state index in [1.54, 1.807) is 6.92 Å². The van der Waals surface area contributed by atoms with Crippen LogP contribution in [0, 0.1) is 0 Å². The number of nitrogens with one attached hydrogen (secondary N) is 2. The fraction of sp³-hybridized carbons (Fsp3) is 0.250. The van der Waals surface area contributed by atoms with Crippen LogP contribution in [0.1, 0.15) is 25.0 Å². The lowest BCUT2D eigenvalue weighted by Crippen LogP contribution is -2.42. The van der Waals surface area contributed by atoms with Crippen molar-refractivity contribution in [2.45, 2.75) is 25.5 Å². The van der Waals surface area contributed by atoms with Crippen LogP contribution in [0.4, 0.5) is 5.69 Å². The molecule has 0 fully saturated rings. The monoisotopic (exact) mass is 418 g/mol. The Labute approximate surface area is 162 Å². The van der Waals surface area contributed by atoms with Gasteiger partial charge in [-0.2, -0.15) is 0 Å². The molecule has 3 N–H and O–H groups in total. The number of carbonyl (C=O) groups excluding carboxylic acids is 1. The summed E-state index contributed by atoms with van der Waals surface area (Å²) in [5.41, 5.74) is 8.00.